The lowest BCUT2D eigenvalue weighted by Crippen LogP contribution is -2.41. The predicted molar refractivity (Wildman–Crippen MR) is 125 cm³/mol. The predicted octanol–water partition coefficient (Wildman–Crippen LogP) is 2.37. The topological polar surface area (TPSA) is 124 Å². The van der Waals surface area contributed by atoms with Crippen LogP contribution in [0.5, 0.6) is 0 Å². The Morgan fingerprint density at radius 3 is 2.72 bits per heavy atom. The average Bonchev–Trinajstić information content (AvgIpc) is 3.43. The number of nitrogens with zero attached hydrogens (tertiary/aromatic N) is 1. The van der Waals surface area contributed by atoms with Crippen molar-refractivity contribution in [3.8, 4) is 0 Å². The maximum absolute atomic E-state index is 13.4. The Kier molecular flexibility index (Phi) is 7.29. The number of carbonyl (C=O) groups is 1. The second kappa shape index (κ2) is 9.62. The van der Waals surface area contributed by atoms with Gasteiger partial charge < -0.3 is 20.0 Å². The van der Waals surface area contributed by atoms with Crippen molar-refractivity contribution in [2.45, 2.75) is 37.6 Å². The molecular formula is C21H27ClN4O5S. The molecule has 3 aromatic rings. The van der Waals surface area contributed by atoms with Crippen LogP contribution in [0, 0.1) is 0 Å². The van der Waals surface area contributed by atoms with Crippen LogP contribution in [0.25, 0.3) is 21.8 Å². The van der Waals surface area contributed by atoms with Crippen LogP contribution >= 0.6 is 12.4 Å². The highest BCUT2D eigenvalue weighted by molar-refractivity contribution is 7.89. The lowest BCUT2D eigenvalue weighted by Gasteiger charge is -2.26. The molecule has 1 aliphatic rings. The maximum Gasteiger partial charge on any atom is 0.340 e. The number of esters is 1. The van der Waals surface area contributed by atoms with E-state index in [2.05, 4.69) is 15.3 Å². The first kappa shape index (κ1) is 24.2. The summed E-state index contributed by atoms with van der Waals surface area (Å²) in [6, 6.07) is 4.48. The van der Waals surface area contributed by atoms with E-state index in [1.807, 2.05) is 13.8 Å². The molecule has 4 rings (SSSR count). The summed E-state index contributed by atoms with van der Waals surface area (Å²) in [5, 5.41) is 4.04. The minimum atomic E-state index is -3.76. The van der Waals surface area contributed by atoms with E-state index in [4.69, 9.17) is 4.74 Å². The zero-order chi connectivity index (χ0) is 22.2. The second-order valence-corrected chi connectivity index (χ2v) is 9.50. The number of likely N-dealkylation sites (N-methyl/N-ethyl adjacent to an activating group) is 1. The van der Waals surface area contributed by atoms with Gasteiger partial charge in [0.05, 0.1) is 17.1 Å². The zero-order valence-electron chi connectivity index (χ0n) is 17.9. The van der Waals surface area contributed by atoms with Crippen LogP contribution in [0.4, 0.5) is 0 Å². The highest BCUT2D eigenvalue weighted by atomic mass is 35.5. The highest BCUT2D eigenvalue weighted by Gasteiger charge is 2.32. The SMILES string of the molecule is CCCOC(=O)c1c[nH]c2c(=O)[nH]c3ccc(S(=O)(=O)N(CC)C4CCNC4)cc3c12.Cl. The van der Waals surface area contributed by atoms with Gasteiger partial charge in [0, 0.05) is 41.6 Å². The number of aromatic nitrogens is 2. The third-order valence-electron chi connectivity index (χ3n) is 5.63. The molecule has 0 radical (unpaired) electrons. The number of halogens is 1. The fraction of sp³-hybridized carbons (Fsp3) is 0.429. The fourth-order valence-corrected chi connectivity index (χ4v) is 5.84. The first-order chi connectivity index (χ1) is 14.9. The van der Waals surface area contributed by atoms with Crippen LogP contribution in [0.15, 0.2) is 34.1 Å². The van der Waals surface area contributed by atoms with Crippen LogP contribution in [0.1, 0.15) is 37.0 Å². The van der Waals surface area contributed by atoms with Crippen molar-refractivity contribution in [2.75, 3.05) is 26.2 Å². The number of nitrogens with one attached hydrogen (secondary N) is 3. The molecule has 174 valence electrons. The molecule has 3 N–H and O–H groups in total. The molecule has 1 atom stereocenters. The first-order valence-electron chi connectivity index (χ1n) is 10.4. The van der Waals surface area contributed by atoms with Crippen molar-refractivity contribution in [1.82, 2.24) is 19.6 Å². The summed E-state index contributed by atoms with van der Waals surface area (Å²) in [4.78, 5) is 30.7. The van der Waals surface area contributed by atoms with Gasteiger partial charge in [-0.05, 0) is 37.6 Å². The van der Waals surface area contributed by atoms with Crippen molar-refractivity contribution >= 4 is 50.2 Å². The number of benzene rings is 1. The van der Waals surface area contributed by atoms with Crippen LogP contribution in [-0.2, 0) is 14.8 Å². The van der Waals surface area contributed by atoms with Gasteiger partial charge in [0.25, 0.3) is 5.56 Å². The molecule has 1 fully saturated rings. The molecule has 1 aliphatic heterocycles. The Bertz CT molecular complexity index is 1290. The number of fused-ring (bicyclic) bond motifs is 3. The van der Waals surface area contributed by atoms with E-state index in [0.29, 0.717) is 35.8 Å². The van der Waals surface area contributed by atoms with Crippen LogP contribution in [0.2, 0.25) is 0 Å². The van der Waals surface area contributed by atoms with Crippen molar-refractivity contribution in [2.24, 2.45) is 0 Å². The van der Waals surface area contributed by atoms with E-state index in [9.17, 15) is 18.0 Å². The number of carbonyl (C=O) groups excluding carboxylic acids is 1. The normalized spacial score (nSPS) is 16.5. The molecule has 3 heterocycles. The Morgan fingerprint density at radius 1 is 1.28 bits per heavy atom. The molecular weight excluding hydrogens is 456 g/mol. The summed E-state index contributed by atoms with van der Waals surface area (Å²) in [6.07, 6.45) is 2.85. The Morgan fingerprint density at radius 2 is 2.06 bits per heavy atom. The Labute approximate surface area is 192 Å². The number of ether oxygens (including phenoxy) is 1. The maximum atomic E-state index is 13.4. The number of H-pyrrole nitrogens is 2. The number of hydrogen-bond acceptors (Lipinski definition) is 6. The minimum Gasteiger partial charge on any atom is -0.462 e. The second-order valence-electron chi connectivity index (χ2n) is 7.60. The monoisotopic (exact) mass is 482 g/mol. The van der Waals surface area contributed by atoms with Crippen molar-refractivity contribution < 1.29 is 17.9 Å². The molecule has 2 aromatic heterocycles. The summed E-state index contributed by atoms with van der Waals surface area (Å²) >= 11 is 0. The summed E-state index contributed by atoms with van der Waals surface area (Å²) in [6.45, 7) is 5.71. The van der Waals surface area contributed by atoms with E-state index in [0.717, 1.165) is 13.0 Å². The quantitative estimate of drug-likeness (QED) is 0.444. The van der Waals surface area contributed by atoms with Crippen molar-refractivity contribution in [1.29, 1.82) is 0 Å². The average molecular weight is 483 g/mol. The number of rotatable bonds is 7. The number of aromatic amines is 2. The Hall–Kier alpha value is -2.40. The van der Waals surface area contributed by atoms with Gasteiger partial charge in [-0.1, -0.05) is 13.8 Å². The van der Waals surface area contributed by atoms with E-state index in [1.165, 1.54) is 22.6 Å². The summed E-state index contributed by atoms with van der Waals surface area (Å²) < 4.78 is 33.6. The number of sulfonamides is 1. The first-order valence-corrected chi connectivity index (χ1v) is 11.9. The Balaban J connectivity index is 0.00000289. The van der Waals surface area contributed by atoms with E-state index < -0.39 is 16.0 Å². The van der Waals surface area contributed by atoms with Crippen molar-refractivity contribution in [3.05, 3.63) is 40.3 Å². The zero-order valence-corrected chi connectivity index (χ0v) is 19.6. The van der Waals surface area contributed by atoms with Gasteiger partial charge in [-0.3, -0.25) is 4.79 Å². The van der Waals surface area contributed by atoms with E-state index in [1.54, 1.807) is 6.07 Å². The van der Waals surface area contributed by atoms with Gasteiger partial charge in [-0.2, -0.15) is 4.31 Å². The molecule has 1 unspecified atom stereocenters. The molecule has 32 heavy (non-hydrogen) atoms. The van der Waals surface area contributed by atoms with Gasteiger partial charge in [-0.15, -0.1) is 12.4 Å². The van der Waals surface area contributed by atoms with Gasteiger partial charge in [0.2, 0.25) is 10.0 Å². The van der Waals surface area contributed by atoms with Gasteiger partial charge >= 0.3 is 5.97 Å². The largest absolute Gasteiger partial charge is 0.462 e. The standard InChI is InChI=1S/C21H26N4O5S.ClH/c1-3-9-30-21(27)16-12-23-19-18(16)15-10-14(5-6-17(15)24-20(19)26)31(28,29)25(4-2)13-7-8-22-11-13;/h5-6,10,12-13,22-23H,3-4,7-9,11H2,1-2H3,(H,24,26);1H. The molecule has 0 amide bonds. The highest BCUT2D eigenvalue weighted by Crippen LogP contribution is 2.29. The molecule has 9 nitrogen and oxygen atoms in total. The van der Waals surface area contributed by atoms with Crippen LogP contribution in [-0.4, -0.2) is 60.9 Å². The van der Waals surface area contributed by atoms with Gasteiger partial charge in [-0.25, -0.2) is 13.2 Å². The van der Waals surface area contributed by atoms with Crippen LogP contribution in [0.3, 0.4) is 0 Å². The van der Waals surface area contributed by atoms with Crippen molar-refractivity contribution in [3.63, 3.8) is 0 Å². The van der Waals surface area contributed by atoms with Crippen LogP contribution < -0.4 is 10.9 Å². The minimum absolute atomic E-state index is 0. The molecule has 1 saturated heterocycles. The molecule has 0 saturated carbocycles. The lowest BCUT2D eigenvalue weighted by molar-refractivity contribution is 0.0507. The fourth-order valence-electron chi connectivity index (χ4n) is 4.15. The lowest BCUT2D eigenvalue weighted by atomic mass is 10.1. The number of hydrogen-bond donors (Lipinski definition) is 3. The van der Waals surface area contributed by atoms with Gasteiger partial charge in [0.15, 0.2) is 0 Å². The number of pyridine rings is 1. The van der Waals surface area contributed by atoms with E-state index in [-0.39, 0.29) is 46.6 Å². The van der Waals surface area contributed by atoms with Gasteiger partial charge in [0.1, 0.15) is 5.52 Å². The molecule has 0 bridgehead atoms. The third-order valence-corrected chi connectivity index (χ3v) is 7.66. The smallest absolute Gasteiger partial charge is 0.340 e. The third kappa shape index (κ3) is 4.15. The summed E-state index contributed by atoms with van der Waals surface area (Å²) in [5.41, 5.74) is 0.477. The molecule has 0 aliphatic carbocycles. The molecule has 1 aromatic carbocycles. The summed E-state index contributed by atoms with van der Waals surface area (Å²) in [7, 11) is -3.76. The van der Waals surface area contributed by atoms with E-state index >= 15 is 0 Å². The molecule has 0 spiro atoms. The molecule has 11 heteroatoms. The summed E-state index contributed by atoms with van der Waals surface area (Å²) in [5.74, 6) is -0.555.